The number of carbonyl (C=O) groups is 2. The van der Waals surface area contributed by atoms with Crippen molar-refractivity contribution >= 4 is 28.9 Å². The number of non-ortho nitro benzene ring substituents is 1. The second-order valence-corrected chi connectivity index (χ2v) is 4.79. The van der Waals surface area contributed by atoms with Crippen molar-refractivity contribution in [1.29, 1.82) is 0 Å². The highest BCUT2D eigenvalue weighted by molar-refractivity contribution is 6.43. The first-order valence-electron chi connectivity index (χ1n) is 6.71. The highest BCUT2D eigenvalue weighted by Gasteiger charge is 2.30. The first kappa shape index (κ1) is 17.9. The number of amides is 2. The van der Waals surface area contributed by atoms with E-state index in [1.54, 1.807) is 0 Å². The van der Waals surface area contributed by atoms with Crippen LogP contribution in [0.4, 0.5) is 30.2 Å². The van der Waals surface area contributed by atoms with Gasteiger partial charge in [0, 0.05) is 23.5 Å². The molecule has 0 radical (unpaired) electrons. The fourth-order valence-corrected chi connectivity index (χ4v) is 1.78. The molecule has 25 heavy (non-hydrogen) atoms. The molecule has 130 valence electrons. The highest BCUT2D eigenvalue weighted by Crippen LogP contribution is 2.29. The van der Waals surface area contributed by atoms with Crippen LogP contribution in [0.25, 0.3) is 0 Å². The van der Waals surface area contributed by atoms with E-state index in [1.165, 1.54) is 12.1 Å². The number of hydrogen-bond donors (Lipinski definition) is 2. The first-order chi connectivity index (χ1) is 11.7. The van der Waals surface area contributed by atoms with Crippen LogP contribution < -0.4 is 10.6 Å². The number of halogens is 3. The lowest BCUT2D eigenvalue weighted by molar-refractivity contribution is -0.384. The molecule has 0 saturated carbocycles. The van der Waals surface area contributed by atoms with Gasteiger partial charge in [-0.25, -0.2) is 0 Å². The lowest BCUT2D eigenvalue weighted by Gasteiger charge is -2.09. The minimum absolute atomic E-state index is 0.0110. The van der Waals surface area contributed by atoms with Gasteiger partial charge in [-0.15, -0.1) is 0 Å². The number of rotatable bonds is 3. The van der Waals surface area contributed by atoms with Gasteiger partial charge in [0.1, 0.15) is 0 Å². The lowest BCUT2D eigenvalue weighted by atomic mass is 10.2. The van der Waals surface area contributed by atoms with Gasteiger partial charge >= 0.3 is 18.0 Å². The van der Waals surface area contributed by atoms with Gasteiger partial charge in [0.05, 0.1) is 10.5 Å². The van der Waals surface area contributed by atoms with Gasteiger partial charge in [0.2, 0.25) is 0 Å². The van der Waals surface area contributed by atoms with E-state index in [2.05, 4.69) is 10.6 Å². The Morgan fingerprint density at radius 3 is 1.60 bits per heavy atom. The Bertz CT molecular complexity index is 802. The third kappa shape index (κ3) is 4.77. The summed E-state index contributed by atoms with van der Waals surface area (Å²) in [6.07, 6.45) is -4.50. The van der Waals surface area contributed by atoms with E-state index in [0.717, 1.165) is 36.4 Å². The molecular weight excluding hydrogens is 343 g/mol. The van der Waals surface area contributed by atoms with Crippen LogP contribution in [0.2, 0.25) is 0 Å². The summed E-state index contributed by atoms with van der Waals surface area (Å²) in [5, 5.41) is 14.9. The maximum atomic E-state index is 12.4. The largest absolute Gasteiger partial charge is 0.416 e. The number of carbonyl (C=O) groups excluding carboxylic acids is 2. The Morgan fingerprint density at radius 1 is 0.840 bits per heavy atom. The van der Waals surface area contributed by atoms with Crippen LogP contribution in [0.3, 0.4) is 0 Å². The molecule has 2 rings (SSSR count). The van der Waals surface area contributed by atoms with E-state index >= 15 is 0 Å². The summed E-state index contributed by atoms with van der Waals surface area (Å²) < 4.78 is 37.3. The molecule has 0 saturated heterocycles. The molecule has 2 amide bonds. The van der Waals surface area contributed by atoms with Crippen LogP contribution in [0, 0.1) is 10.1 Å². The van der Waals surface area contributed by atoms with E-state index in [-0.39, 0.29) is 17.1 Å². The topological polar surface area (TPSA) is 101 Å². The van der Waals surface area contributed by atoms with Gasteiger partial charge in [-0.3, -0.25) is 19.7 Å². The van der Waals surface area contributed by atoms with Gasteiger partial charge in [-0.2, -0.15) is 13.2 Å². The molecule has 0 aliphatic rings. The lowest BCUT2D eigenvalue weighted by Crippen LogP contribution is -2.29. The molecule has 0 spiro atoms. The van der Waals surface area contributed by atoms with Crippen LogP contribution in [0.1, 0.15) is 5.56 Å². The molecule has 0 aliphatic heterocycles. The Morgan fingerprint density at radius 2 is 1.24 bits per heavy atom. The van der Waals surface area contributed by atoms with Crippen LogP contribution >= 0.6 is 0 Å². The van der Waals surface area contributed by atoms with E-state index in [4.69, 9.17) is 0 Å². The molecule has 0 fully saturated rings. The van der Waals surface area contributed by atoms with Gasteiger partial charge in [-0.1, -0.05) is 0 Å². The predicted octanol–water partition coefficient (Wildman–Crippen LogP) is 3.19. The summed E-state index contributed by atoms with van der Waals surface area (Å²) in [4.78, 5) is 33.3. The van der Waals surface area contributed by atoms with Crippen LogP contribution in [-0.2, 0) is 15.8 Å². The minimum atomic E-state index is -4.50. The summed E-state index contributed by atoms with van der Waals surface area (Å²) in [5.74, 6) is -2.17. The minimum Gasteiger partial charge on any atom is -0.318 e. The molecule has 0 heterocycles. The normalized spacial score (nSPS) is 10.8. The summed E-state index contributed by atoms with van der Waals surface area (Å²) in [6, 6.07) is 8.32. The van der Waals surface area contributed by atoms with Crippen molar-refractivity contribution in [2.45, 2.75) is 6.18 Å². The third-order valence-electron chi connectivity index (χ3n) is 3.01. The zero-order valence-electron chi connectivity index (χ0n) is 12.3. The SMILES string of the molecule is O=C(Nc1ccc([N+](=O)[O-])cc1)C(=O)Nc1ccc(C(F)(F)F)cc1. The van der Waals surface area contributed by atoms with Crippen molar-refractivity contribution in [2.75, 3.05) is 10.6 Å². The highest BCUT2D eigenvalue weighted by atomic mass is 19.4. The average molecular weight is 353 g/mol. The molecule has 0 unspecified atom stereocenters. The Kier molecular flexibility index (Phi) is 5.01. The monoisotopic (exact) mass is 353 g/mol. The van der Waals surface area contributed by atoms with E-state index < -0.39 is 28.5 Å². The van der Waals surface area contributed by atoms with Gasteiger partial charge in [0.15, 0.2) is 0 Å². The van der Waals surface area contributed by atoms with Crippen molar-refractivity contribution < 1.29 is 27.7 Å². The number of hydrogen-bond acceptors (Lipinski definition) is 4. The molecule has 2 aromatic carbocycles. The predicted molar refractivity (Wildman–Crippen MR) is 81.8 cm³/mol. The zero-order chi connectivity index (χ0) is 18.6. The summed E-state index contributed by atoms with van der Waals surface area (Å²) in [5.41, 5.74) is -0.914. The fraction of sp³-hybridized carbons (Fsp3) is 0.0667. The average Bonchev–Trinajstić information content (AvgIpc) is 2.55. The number of benzene rings is 2. The number of anilines is 2. The van der Waals surface area contributed by atoms with Crippen LogP contribution in [-0.4, -0.2) is 16.7 Å². The Labute approximate surface area is 138 Å². The quantitative estimate of drug-likeness (QED) is 0.503. The third-order valence-corrected chi connectivity index (χ3v) is 3.01. The molecule has 2 N–H and O–H groups in total. The number of nitro benzene ring substituents is 1. The Balaban J connectivity index is 1.98. The number of nitrogens with zero attached hydrogens (tertiary/aromatic N) is 1. The van der Waals surface area contributed by atoms with Gasteiger partial charge < -0.3 is 10.6 Å². The second kappa shape index (κ2) is 6.99. The van der Waals surface area contributed by atoms with Gasteiger partial charge in [0.25, 0.3) is 5.69 Å². The first-order valence-corrected chi connectivity index (χ1v) is 6.71. The molecular formula is C15H10F3N3O4. The molecule has 0 aliphatic carbocycles. The maximum absolute atomic E-state index is 12.4. The van der Waals surface area contributed by atoms with Crippen LogP contribution in [0.15, 0.2) is 48.5 Å². The van der Waals surface area contributed by atoms with E-state index in [1.807, 2.05) is 0 Å². The standard InChI is InChI=1S/C15H10F3N3O4/c16-15(17,18)9-1-3-10(4-2-9)19-13(22)14(23)20-11-5-7-12(8-6-11)21(24)25/h1-8H,(H,19,22)(H,20,23). The molecule has 10 heteroatoms. The van der Waals surface area contributed by atoms with Crippen molar-refractivity contribution in [3.05, 3.63) is 64.2 Å². The molecule has 0 atom stereocenters. The number of alkyl halides is 3. The zero-order valence-corrected chi connectivity index (χ0v) is 12.3. The fourth-order valence-electron chi connectivity index (χ4n) is 1.78. The van der Waals surface area contributed by atoms with Crippen molar-refractivity contribution in [2.24, 2.45) is 0 Å². The molecule has 7 nitrogen and oxygen atoms in total. The summed E-state index contributed by atoms with van der Waals surface area (Å²) >= 11 is 0. The molecule has 0 aromatic heterocycles. The number of nitrogens with one attached hydrogen (secondary N) is 2. The summed E-state index contributed by atoms with van der Waals surface area (Å²) in [7, 11) is 0. The van der Waals surface area contributed by atoms with Crippen molar-refractivity contribution in [1.82, 2.24) is 0 Å². The second-order valence-electron chi connectivity index (χ2n) is 4.79. The molecule has 2 aromatic rings. The van der Waals surface area contributed by atoms with Crippen molar-refractivity contribution in [3.63, 3.8) is 0 Å². The Hall–Kier alpha value is -3.43. The smallest absolute Gasteiger partial charge is 0.318 e. The number of nitro groups is 1. The summed E-state index contributed by atoms with van der Waals surface area (Å²) in [6.45, 7) is 0. The van der Waals surface area contributed by atoms with Gasteiger partial charge in [-0.05, 0) is 36.4 Å². The van der Waals surface area contributed by atoms with E-state index in [9.17, 15) is 32.9 Å². The maximum Gasteiger partial charge on any atom is 0.416 e. The van der Waals surface area contributed by atoms with E-state index in [0.29, 0.717) is 0 Å². The van der Waals surface area contributed by atoms with Crippen LogP contribution in [0.5, 0.6) is 0 Å². The molecule has 0 bridgehead atoms. The van der Waals surface area contributed by atoms with Crippen molar-refractivity contribution in [3.8, 4) is 0 Å².